The van der Waals surface area contributed by atoms with Crippen LogP contribution in [-0.2, 0) is 5.75 Å². The molecule has 4 rings (SSSR count). The Morgan fingerprint density at radius 2 is 1.85 bits per heavy atom. The number of likely N-dealkylation sites (tertiary alicyclic amines) is 1. The summed E-state index contributed by atoms with van der Waals surface area (Å²) in [4.78, 5) is 14.5. The lowest BCUT2D eigenvalue weighted by Crippen LogP contribution is -2.46. The van der Waals surface area contributed by atoms with Gasteiger partial charge in [-0.3, -0.25) is 9.88 Å². The quantitative estimate of drug-likeness (QED) is 0.738. The summed E-state index contributed by atoms with van der Waals surface area (Å²) in [5.41, 5.74) is 1.32. The Morgan fingerprint density at radius 3 is 2.58 bits per heavy atom. The summed E-state index contributed by atoms with van der Waals surface area (Å²) in [6, 6.07) is 12.1. The molecule has 0 amide bonds. The zero-order valence-electron chi connectivity index (χ0n) is 15.6. The molecular formula is C21H28N4S. The highest BCUT2D eigenvalue weighted by atomic mass is 32.2. The fourth-order valence-electron chi connectivity index (χ4n) is 4.22. The van der Waals surface area contributed by atoms with Crippen LogP contribution in [0.25, 0.3) is 0 Å². The first-order valence-electron chi connectivity index (χ1n) is 9.79. The third kappa shape index (κ3) is 4.21. The highest BCUT2D eigenvalue weighted by Crippen LogP contribution is 2.28. The minimum Gasteiger partial charge on any atom is -0.355 e. The number of piperidine rings is 1. The molecule has 0 N–H and O–H groups in total. The van der Waals surface area contributed by atoms with E-state index in [9.17, 15) is 0 Å². The maximum atomic E-state index is 4.86. The van der Waals surface area contributed by atoms with Crippen LogP contribution >= 0.6 is 11.8 Å². The van der Waals surface area contributed by atoms with Crippen molar-refractivity contribution in [3.8, 4) is 0 Å². The molecule has 2 aliphatic rings. The molecule has 4 nitrogen and oxygen atoms in total. The van der Waals surface area contributed by atoms with Crippen molar-refractivity contribution < 1.29 is 0 Å². The van der Waals surface area contributed by atoms with E-state index in [2.05, 4.69) is 52.0 Å². The third-order valence-electron chi connectivity index (χ3n) is 5.69. The van der Waals surface area contributed by atoms with Crippen molar-refractivity contribution in [3.63, 3.8) is 0 Å². The zero-order valence-corrected chi connectivity index (χ0v) is 16.4. The Bertz CT molecular complexity index is 700. The standard InChI is InChI=1S/C21H28N4S/c1-17-6-5-11-25(17)19-9-12-24(13-10-19)20-14-22-15-21(23-20)26-16-18-7-3-2-4-8-18/h2-4,7-8,14-15,17,19H,5-6,9-13,16H2,1H3. The Hall–Kier alpha value is -1.59. The summed E-state index contributed by atoms with van der Waals surface area (Å²) in [7, 11) is 0. The number of aromatic nitrogens is 2. The van der Waals surface area contributed by atoms with E-state index in [1.807, 2.05) is 12.4 Å². The second-order valence-corrected chi connectivity index (χ2v) is 8.43. The van der Waals surface area contributed by atoms with Crippen LogP contribution in [0.1, 0.15) is 38.2 Å². The first-order chi connectivity index (χ1) is 12.8. The lowest BCUT2D eigenvalue weighted by atomic mass is 10.0. The van der Waals surface area contributed by atoms with Gasteiger partial charge in [-0.1, -0.05) is 30.3 Å². The molecule has 0 bridgehead atoms. The van der Waals surface area contributed by atoms with E-state index in [0.29, 0.717) is 0 Å². The fraction of sp³-hybridized carbons (Fsp3) is 0.524. The average Bonchev–Trinajstić information content (AvgIpc) is 3.13. The summed E-state index contributed by atoms with van der Waals surface area (Å²) in [5, 5.41) is 1.02. The Labute approximate surface area is 161 Å². The van der Waals surface area contributed by atoms with Crippen molar-refractivity contribution in [3.05, 3.63) is 48.3 Å². The van der Waals surface area contributed by atoms with Gasteiger partial charge in [-0.15, -0.1) is 11.8 Å². The van der Waals surface area contributed by atoms with E-state index in [0.717, 1.165) is 41.8 Å². The largest absolute Gasteiger partial charge is 0.355 e. The van der Waals surface area contributed by atoms with Gasteiger partial charge in [0.15, 0.2) is 0 Å². The monoisotopic (exact) mass is 368 g/mol. The molecule has 2 fully saturated rings. The number of hydrogen-bond acceptors (Lipinski definition) is 5. The zero-order chi connectivity index (χ0) is 17.8. The fourth-order valence-corrected chi connectivity index (χ4v) is 5.02. The van der Waals surface area contributed by atoms with Gasteiger partial charge in [0, 0.05) is 30.9 Å². The van der Waals surface area contributed by atoms with Gasteiger partial charge in [0.2, 0.25) is 0 Å². The SMILES string of the molecule is CC1CCCN1C1CCN(c2cncc(SCc3ccccc3)n2)CC1. The predicted octanol–water partition coefficient (Wildman–Crippen LogP) is 4.22. The second-order valence-electron chi connectivity index (χ2n) is 7.44. The first-order valence-corrected chi connectivity index (χ1v) is 10.8. The molecule has 1 aromatic carbocycles. The highest BCUT2D eigenvalue weighted by molar-refractivity contribution is 7.98. The lowest BCUT2D eigenvalue weighted by Gasteiger charge is -2.39. The van der Waals surface area contributed by atoms with E-state index >= 15 is 0 Å². The molecule has 1 unspecified atom stereocenters. The Balaban J connectivity index is 1.34. The lowest BCUT2D eigenvalue weighted by molar-refractivity contribution is 0.163. The van der Waals surface area contributed by atoms with Crippen molar-refractivity contribution in [1.29, 1.82) is 0 Å². The average molecular weight is 369 g/mol. The summed E-state index contributed by atoms with van der Waals surface area (Å²) in [5.74, 6) is 1.98. The molecular weight excluding hydrogens is 340 g/mol. The summed E-state index contributed by atoms with van der Waals surface area (Å²) in [6.45, 7) is 5.86. The number of nitrogens with zero attached hydrogens (tertiary/aromatic N) is 4. The third-order valence-corrected chi connectivity index (χ3v) is 6.66. The number of benzene rings is 1. The van der Waals surface area contributed by atoms with Gasteiger partial charge >= 0.3 is 0 Å². The molecule has 1 atom stereocenters. The number of thioether (sulfide) groups is 1. The van der Waals surface area contributed by atoms with Gasteiger partial charge < -0.3 is 4.90 Å². The molecule has 2 saturated heterocycles. The number of anilines is 1. The van der Waals surface area contributed by atoms with Crippen LogP contribution in [0, 0.1) is 0 Å². The minimum absolute atomic E-state index is 0.757. The van der Waals surface area contributed by atoms with Crippen LogP contribution < -0.4 is 4.90 Å². The van der Waals surface area contributed by atoms with Gasteiger partial charge in [-0.05, 0) is 44.7 Å². The van der Waals surface area contributed by atoms with Crippen LogP contribution in [0.4, 0.5) is 5.82 Å². The highest BCUT2D eigenvalue weighted by Gasteiger charge is 2.30. The van der Waals surface area contributed by atoms with Crippen molar-refractivity contribution >= 4 is 17.6 Å². The van der Waals surface area contributed by atoms with Crippen molar-refractivity contribution in [2.75, 3.05) is 24.5 Å². The smallest absolute Gasteiger partial charge is 0.148 e. The minimum atomic E-state index is 0.757. The molecule has 1 aromatic heterocycles. The molecule has 0 saturated carbocycles. The number of rotatable bonds is 5. The van der Waals surface area contributed by atoms with Crippen molar-refractivity contribution in [1.82, 2.24) is 14.9 Å². The van der Waals surface area contributed by atoms with Crippen LogP contribution in [-0.4, -0.2) is 46.6 Å². The van der Waals surface area contributed by atoms with Gasteiger partial charge in [0.1, 0.15) is 10.8 Å². The van der Waals surface area contributed by atoms with Crippen molar-refractivity contribution in [2.45, 2.75) is 55.5 Å². The van der Waals surface area contributed by atoms with E-state index < -0.39 is 0 Å². The molecule has 26 heavy (non-hydrogen) atoms. The summed E-state index contributed by atoms with van der Waals surface area (Å²) in [6.07, 6.45) is 9.03. The summed E-state index contributed by atoms with van der Waals surface area (Å²) >= 11 is 1.76. The Kier molecular flexibility index (Phi) is 5.75. The molecule has 0 spiro atoms. The van der Waals surface area contributed by atoms with Crippen LogP contribution in [0.3, 0.4) is 0 Å². The normalized spacial score (nSPS) is 22.0. The van der Waals surface area contributed by atoms with Gasteiger partial charge in [-0.2, -0.15) is 0 Å². The summed E-state index contributed by atoms with van der Waals surface area (Å²) < 4.78 is 0. The van der Waals surface area contributed by atoms with E-state index in [1.54, 1.807) is 11.8 Å². The van der Waals surface area contributed by atoms with Gasteiger partial charge in [0.25, 0.3) is 0 Å². The Morgan fingerprint density at radius 1 is 1.04 bits per heavy atom. The second kappa shape index (κ2) is 8.40. The van der Waals surface area contributed by atoms with Crippen LogP contribution in [0.15, 0.2) is 47.8 Å². The van der Waals surface area contributed by atoms with Gasteiger partial charge in [0.05, 0.1) is 12.4 Å². The molecule has 2 aromatic rings. The molecule has 138 valence electrons. The van der Waals surface area contributed by atoms with E-state index in [-0.39, 0.29) is 0 Å². The molecule has 0 radical (unpaired) electrons. The maximum absolute atomic E-state index is 4.86. The van der Waals surface area contributed by atoms with Gasteiger partial charge in [-0.25, -0.2) is 4.98 Å². The topological polar surface area (TPSA) is 32.3 Å². The predicted molar refractivity (Wildman–Crippen MR) is 109 cm³/mol. The van der Waals surface area contributed by atoms with E-state index in [1.165, 1.54) is 37.8 Å². The molecule has 5 heteroatoms. The van der Waals surface area contributed by atoms with E-state index in [4.69, 9.17) is 4.98 Å². The maximum Gasteiger partial charge on any atom is 0.148 e. The molecule has 3 heterocycles. The molecule has 2 aliphatic heterocycles. The number of hydrogen-bond donors (Lipinski definition) is 0. The van der Waals surface area contributed by atoms with Crippen LogP contribution in [0.5, 0.6) is 0 Å². The van der Waals surface area contributed by atoms with Crippen molar-refractivity contribution in [2.24, 2.45) is 0 Å². The molecule has 0 aliphatic carbocycles. The van der Waals surface area contributed by atoms with Crippen LogP contribution in [0.2, 0.25) is 0 Å². The first kappa shape index (κ1) is 17.8.